The van der Waals surface area contributed by atoms with Gasteiger partial charge in [0.15, 0.2) is 11.5 Å². The molecule has 6 heteroatoms. The van der Waals surface area contributed by atoms with Crippen molar-refractivity contribution in [3.63, 3.8) is 0 Å². The minimum absolute atomic E-state index is 0.151. The van der Waals surface area contributed by atoms with Crippen molar-refractivity contribution in [2.24, 2.45) is 0 Å². The predicted molar refractivity (Wildman–Crippen MR) is 99.8 cm³/mol. The average molecular weight is 372 g/mol. The molecule has 1 N–H and O–H groups in total. The number of ketones is 1. The molecular formula is C20H18ClNO4. The van der Waals surface area contributed by atoms with Crippen LogP contribution in [-0.4, -0.2) is 32.0 Å². The summed E-state index contributed by atoms with van der Waals surface area (Å²) >= 11 is 5.77. The highest BCUT2D eigenvalue weighted by Gasteiger charge is 2.15. The van der Waals surface area contributed by atoms with Crippen LogP contribution < -0.4 is 14.8 Å². The molecule has 0 aromatic heterocycles. The highest BCUT2D eigenvalue weighted by molar-refractivity contribution is 6.43. The standard InChI is InChI=1S/C20H18ClNO4/c1-3-12-26-17-9-4-14(13-18(17)25-2)10-11-22-20(24)19(23)15-5-7-16(21)8-6-15/h1,4-9,13H,10-12H2,2H3,(H,22,24). The number of methoxy groups -OCH3 is 1. The van der Waals surface area contributed by atoms with Crippen molar-refractivity contribution in [3.8, 4) is 23.8 Å². The van der Waals surface area contributed by atoms with E-state index >= 15 is 0 Å². The van der Waals surface area contributed by atoms with Crippen LogP contribution >= 0.6 is 11.6 Å². The van der Waals surface area contributed by atoms with Crippen molar-refractivity contribution in [3.05, 3.63) is 58.6 Å². The predicted octanol–water partition coefficient (Wildman–Crippen LogP) is 2.90. The van der Waals surface area contributed by atoms with Crippen LogP contribution in [0.5, 0.6) is 11.5 Å². The maximum atomic E-state index is 12.0. The molecule has 0 spiro atoms. The Labute approximate surface area is 157 Å². The van der Waals surface area contributed by atoms with Crippen molar-refractivity contribution in [2.75, 3.05) is 20.3 Å². The van der Waals surface area contributed by atoms with E-state index in [0.29, 0.717) is 35.1 Å². The fourth-order valence-corrected chi connectivity index (χ4v) is 2.37. The number of halogens is 1. The van der Waals surface area contributed by atoms with Crippen LogP contribution in [0.25, 0.3) is 0 Å². The van der Waals surface area contributed by atoms with E-state index in [2.05, 4.69) is 11.2 Å². The largest absolute Gasteiger partial charge is 0.493 e. The Morgan fingerprint density at radius 2 is 1.88 bits per heavy atom. The lowest BCUT2D eigenvalue weighted by Crippen LogP contribution is -2.32. The number of benzene rings is 2. The Hall–Kier alpha value is -2.97. The van der Waals surface area contributed by atoms with Crippen molar-refractivity contribution >= 4 is 23.3 Å². The molecule has 0 radical (unpaired) electrons. The smallest absolute Gasteiger partial charge is 0.292 e. The fourth-order valence-electron chi connectivity index (χ4n) is 2.24. The molecule has 0 saturated heterocycles. The number of nitrogens with one attached hydrogen (secondary N) is 1. The third-order valence-electron chi connectivity index (χ3n) is 3.55. The van der Waals surface area contributed by atoms with Crippen LogP contribution in [-0.2, 0) is 11.2 Å². The van der Waals surface area contributed by atoms with Gasteiger partial charge in [0.05, 0.1) is 7.11 Å². The second-order valence-corrected chi connectivity index (χ2v) is 5.76. The summed E-state index contributed by atoms with van der Waals surface area (Å²) < 4.78 is 10.6. The molecule has 0 aliphatic rings. The molecule has 2 rings (SSSR count). The number of rotatable bonds is 8. The van der Waals surface area contributed by atoms with Crippen molar-refractivity contribution in [2.45, 2.75) is 6.42 Å². The third-order valence-corrected chi connectivity index (χ3v) is 3.80. The van der Waals surface area contributed by atoms with E-state index in [-0.39, 0.29) is 6.61 Å². The molecular weight excluding hydrogens is 354 g/mol. The SMILES string of the molecule is C#CCOc1ccc(CCNC(=O)C(=O)c2ccc(Cl)cc2)cc1OC. The molecule has 0 unspecified atom stereocenters. The molecule has 134 valence electrons. The quantitative estimate of drug-likeness (QED) is 0.440. The number of hydrogen-bond acceptors (Lipinski definition) is 4. The van der Waals surface area contributed by atoms with E-state index in [1.54, 1.807) is 24.3 Å². The summed E-state index contributed by atoms with van der Waals surface area (Å²) in [7, 11) is 1.54. The lowest BCUT2D eigenvalue weighted by molar-refractivity contribution is -0.116. The summed E-state index contributed by atoms with van der Waals surface area (Å²) in [6.45, 7) is 0.463. The van der Waals surface area contributed by atoms with Gasteiger partial charge in [-0.2, -0.15) is 0 Å². The minimum Gasteiger partial charge on any atom is -0.493 e. The maximum Gasteiger partial charge on any atom is 0.292 e. The van der Waals surface area contributed by atoms with E-state index in [0.717, 1.165) is 5.56 Å². The number of amides is 1. The average Bonchev–Trinajstić information content (AvgIpc) is 2.66. The lowest BCUT2D eigenvalue weighted by atomic mass is 10.1. The van der Waals surface area contributed by atoms with Crippen LogP contribution in [0.1, 0.15) is 15.9 Å². The Morgan fingerprint density at radius 1 is 1.15 bits per heavy atom. The first-order valence-electron chi connectivity index (χ1n) is 7.86. The summed E-state index contributed by atoms with van der Waals surface area (Å²) in [6, 6.07) is 11.6. The van der Waals surface area contributed by atoms with Crippen LogP contribution in [0.4, 0.5) is 0 Å². The first-order chi connectivity index (χ1) is 12.5. The normalized spacial score (nSPS) is 9.88. The van der Waals surface area contributed by atoms with E-state index in [1.807, 2.05) is 6.07 Å². The second kappa shape index (κ2) is 9.50. The Morgan fingerprint density at radius 3 is 2.54 bits per heavy atom. The summed E-state index contributed by atoms with van der Waals surface area (Å²) in [6.07, 6.45) is 5.71. The fraction of sp³-hybridized carbons (Fsp3) is 0.200. The van der Waals surface area contributed by atoms with Gasteiger partial charge in [0.25, 0.3) is 5.91 Å². The molecule has 0 bridgehead atoms. The first kappa shape index (κ1) is 19.4. The summed E-state index contributed by atoms with van der Waals surface area (Å²) in [4.78, 5) is 24.0. The molecule has 0 fully saturated rings. The molecule has 0 aliphatic heterocycles. The molecule has 0 heterocycles. The molecule has 2 aromatic rings. The van der Waals surface area contributed by atoms with Crippen LogP contribution in [0.3, 0.4) is 0 Å². The van der Waals surface area contributed by atoms with E-state index in [4.69, 9.17) is 27.5 Å². The third kappa shape index (κ3) is 5.27. The highest BCUT2D eigenvalue weighted by Crippen LogP contribution is 2.28. The summed E-state index contributed by atoms with van der Waals surface area (Å²) in [5, 5.41) is 3.12. The van der Waals surface area contributed by atoms with Gasteiger partial charge in [-0.1, -0.05) is 23.6 Å². The topological polar surface area (TPSA) is 64.6 Å². The highest BCUT2D eigenvalue weighted by atomic mass is 35.5. The van der Waals surface area contributed by atoms with Gasteiger partial charge < -0.3 is 14.8 Å². The van der Waals surface area contributed by atoms with Gasteiger partial charge in [0.1, 0.15) is 6.61 Å². The van der Waals surface area contributed by atoms with Gasteiger partial charge in [0, 0.05) is 17.1 Å². The van der Waals surface area contributed by atoms with Gasteiger partial charge in [-0.25, -0.2) is 0 Å². The zero-order valence-corrected chi connectivity index (χ0v) is 15.0. The lowest BCUT2D eigenvalue weighted by Gasteiger charge is -2.11. The minimum atomic E-state index is -0.659. The van der Waals surface area contributed by atoms with Crippen molar-refractivity contribution < 1.29 is 19.1 Å². The zero-order chi connectivity index (χ0) is 18.9. The van der Waals surface area contributed by atoms with Gasteiger partial charge >= 0.3 is 0 Å². The number of ether oxygens (including phenoxy) is 2. The van der Waals surface area contributed by atoms with Crippen LogP contribution in [0, 0.1) is 12.3 Å². The van der Waals surface area contributed by atoms with Crippen LogP contribution in [0.2, 0.25) is 5.02 Å². The monoisotopic (exact) mass is 371 g/mol. The number of carbonyl (C=O) groups excluding carboxylic acids is 2. The molecule has 0 saturated carbocycles. The van der Waals surface area contributed by atoms with Gasteiger partial charge in [-0.05, 0) is 48.4 Å². The maximum absolute atomic E-state index is 12.0. The second-order valence-electron chi connectivity index (χ2n) is 5.32. The van der Waals surface area contributed by atoms with Gasteiger partial charge in [-0.15, -0.1) is 6.42 Å². The zero-order valence-electron chi connectivity index (χ0n) is 14.3. The Bertz CT molecular complexity index is 825. The van der Waals surface area contributed by atoms with E-state index in [9.17, 15) is 9.59 Å². The van der Waals surface area contributed by atoms with Gasteiger partial charge in [0.2, 0.25) is 5.78 Å². The number of terminal acetylenes is 1. The molecule has 1 amide bonds. The number of carbonyl (C=O) groups is 2. The first-order valence-corrected chi connectivity index (χ1v) is 8.24. The molecule has 0 aliphatic carbocycles. The molecule has 5 nitrogen and oxygen atoms in total. The van der Waals surface area contributed by atoms with Crippen molar-refractivity contribution in [1.29, 1.82) is 0 Å². The van der Waals surface area contributed by atoms with E-state index in [1.165, 1.54) is 19.2 Å². The van der Waals surface area contributed by atoms with Gasteiger partial charge in [-0.3, -0.25) is 9.59 Å². The number of hydrogen-bond donors (Lipinski definition) is 1. The molecule has 2 aromatic carbocycles. The summed E-state index contributed by atoms with van der Waals surface area (Å²) in [5.41, 5.74) is 1.22. The van der Waals surface area contributed by atoms with E-state index < -0.39 is 11.7 Å². The van der Waals surface area contributed by atoms with Crippen molar-refractivity contribution in [1.82, 2.24) is 5.32 Å². The Balaban J connectivity index is 1.90. The Kier molecular flexibility index (Phi) is 7.07. The van der Waals surface area contributed by atoms with Crippen LogP contribution in [0.15, 0.2) is 42.5 Å². The molecule has 0 atom stereocenters. The number of Topliss-reactive ketones (excluding diaryl/α,β-unsaturated/α-hetero) is 1. The molecule has 26 heavy (non-hydrogen) atoms. The summed E-state index contributed by atoms with van der Waals surface area (Å²) in [5.74, 6) is 2.24.